The van der Waals surface area contributed by atoms with E-state index in [9.17, 15) is 24.5 Å². The molecule has 3 aromatic carbocycles. The highest BCUT2D eigenvalue weighted by atomic mass is 16.6. The number of nitrogens with one attached hydrogen (secondary N) is 1. The summed E-state index contributed by atoms with van der Waals surface area (Å²) >= 11 is 0. The zero-order valence-electron chi connectivity index (χ0n) is 15.8. The second-order valence-corrected chi connectivity index (χ2v) is 6.72. The minimum atomic E-state index is -0.662. The van der Waals surface area contributed by atoms with Gasteiger partial charge in [0.2, 0.25) is 0 Å². The summed E-state index contributed by atoms with van der Waals surface area (Å²) in [5.41, 5.74) is 1.23. The van der Waals surface area contributed by atoms with Crippen LogP contribution in [0.15, 0.2) is 66.7 Å². The lowest BCUT2D eigenvalue weighted by Crippen LogP contribution is -2.29. The van der Waals surface area contributed by atoms with Crippen LogP contribution in [0.2, 0.25) is 0 Å². The van der Waals surface area contributed by atoms with Crippen molar-refractivity contribution < 1.29 is 19.3 Å². The SMILES string of the molecule is Cc1cccc(C(=O)Nc2cccc(N3C(=O)c4ccccc4C3=O)c2)c1[N+](=O)[O-]. The van der Waals surface area contributed by atoms with Gasteiger partial charge in [0, 0.05) is 11.3 Å². The van der Waals surface area contributed by atoms with Gasteiger partial charge in [0.15, 0.2) is 0 Å². The third-order valence-corrected chi connectivity index (χ3v) is 4.82. The number of hydrogen-bond donors (Lipinski definition) is 1. The van der Waals surface area contributed by atoms with E-state index in [0.717, 1.165) is 4.90 Å². The van der Waals surface area contributed by atoms with Gasteiger partial charge in [0.05, 0.1) is 21.7 Å². The Hall–Kier alpha value is -4.33. The van der Waals surface area contributed by atoms with E-state index in [0.29, 0.717) is 22.4 Å². The van der Waals surface area contributed by atoms with Gasteiger partial charge in [-0.3, -0.25) is 24.5 Å². The van der Waals surface area contributed by atoms with Crippen molar-refractivity contribution in [2.45, 2.75) is 6.92 Å². The molecule has 30 heavy (non-hydrogen) atoms. The van der Waals surface area contributed by atoms with Crippen molar-refractivity contribution in [1.82, 2.24) is 0 Å². The first kappa shape index (κ1) is 19.0. The van der Waals surface area contributed by atoms with Crippen LogP contribution >= 0.6 is 0 Å². The van der Waals surface area contributed by atoms with E-state index in [-0.39, 0.29) is 16.9 Å². The molecule has 0 saturated carbocycles. The molecule has 0 fully saturated rings. The van der Waals surface area contributed by atoms with E-state index in [1.165, 1.54) is 12.1 Å². The Balaban J connectivity index is 1.64. The lowest BCUT2D eigenvalue weighted by atomic mass is 10.1. The van der Waals surface area contributed by atoms with E-state index in [2.05, 4.69) is 5.32 Å². The van der Waals surface area contributed by atoms with Gasteiger partial charge in [0.25, 0.3) is 23.4 Å². The maximum atomic E-state index is 12.7. The van der Waals surface area contributed by atoms with Crippen LogP contribution in [-0.4, -0.2) is 22.6 Å². The molecule has 1 heterocycles. The standard InChI is InChI=1S/C22H15N3O5/c1-13-6-4-11-18(19(13)25(29)30)20(26)23-14-7-5-8-15(12-14)24-21(27)16-9-2-3-10-17(16)22(24)28/h2-12H,1H3,(H,23,26). The van der Waals surface area contributed by atoms with Gasteiger partial charge in [-0.05, 0) is 43.3 Å². The molecule has 0 atom stereocenters. The largest absolute Gasteiger partial charge is 0.322 e. The molecule has 4 rings (SSSR count). The highest BCUT2D eigenvalue weighted by Crippen LogP contribution is 2.30. The number of hydrogen-bond acceptors (Lipinski definition) is 5. The number of carbonyl (C=O) groups is 3. The third-order valence-electron chi connectivity index (χ3n) is 4.82. The number of amides is 3. The zero-order valence-corrected chi connectivity index (χ0v) is 15.8. The van der Waals surface area contributed by atoms with E-state index >= 15 is 0 Å². The summed E-state index contributed by atoms with van der Waals surface area (Å²) < 4.78 is 0. The fraction of sp³-hybridized carbons (Fsp3) is 0.0455. The fourth-order valence-corrected chi connectivity index (χ4v) is 3.43. The first-order valence-corrected chi connectivity index (χ1v) is 9.01. The van der Waals surface area contributed by atoms with Crippen LogP contribution in [0.25, 0.3) is 0 Å². The molecule has 3 aromatic rings. The first-order valence-electron chi connectivity index (χ1n) is 9.01. The highest BCUT2D eigenvalue weighted by Gasteiger charge is 2.36. The number of rotatable bonds is 4. The molecule has 1 aliphatic rings. The van der Waals surface area contributed by atoms with Crippen molar-refractivity contribution in [2.75, 3.05) is 10.2 Å². The van der Waals surface area contributed by atoms with E-state index in [4.69, 9.17) is 0 Å². The molecule has 0 aromatic heterocycles. The Bertz CT molecular complexity index is 1200. The summed E-state index contributed by atoms with van der Waals surface area (Å²) in [6.07, 6.45) is 0. The average Bonchev–Trinajstić information content (AvgIpc) is 2.98. The van der Waals surface area contributed by atoms with Gasteiger partial charge < -0.3 is 5.32 Å². The summed E-state index contributed by atoms with van der Waals surface area (Å²) in [5, 5.41) is 14.0. The predicted octanol–water partition coefficient (Wildman–Crippen LogP) is 3.96. The number of carbonyl (C=O) groups excluding carboxylic acids is 3. The van der Waals surface area contributed by atoms with E-state index in [1.807, 2.05) is 0 Å². The van der Waals surface area contributed by atoms with Crippen molar-refractivity contribution >= 4 is 34.8 Å². The second kappa shape index (κ2) is 7.25. The van der Waals surface area contributed by atoms with Gasteiger partial charge in [0.1, 0.15) is 5.56 Å². The molecule has 1 N–H and O–H groups in total. The molecule has 148 valence electrons. The van der Waals surface area contributed by atoms with Crippen molar-refractivity contribution in [1.29, 1.82) is 0 Å². The van der Waals surface area contributed by atoms with Crippen molar-refractivity contribution in [3.8, 4) is 0 Å². The fourth-order valence-electron chi connectivity index (χ4n) is 3.43. The highest BCUT2D eigenvalue weighted by molar-refractivity contribution is 6.34. The zero-order chi connectivity index (χ0) is 21.4. The number of fused-ring (bicyclic) bond motifs is 1. The Labute approximate surface area is 170 Å². The maximum Gasteiger partial charge on any atom is 0.285 e. The second-order valence-electron chi connectivity index (χ2n) is 6.72. The Kier molecular flexibility index (Phi) is 4.59. The summed E-state index contributed by atoms with van der Waals surface area (Å²) in [7, 11) is 0. The maximum absolute atomic E-state index is 12.7. The van der Waals surface area contributed by atoms with Gasteiger partial charge in [-0.1, -0.05) is 30.3 Å². The average molecular weight is 401 g/mol. The van der Waals surface area contributed by atoms with E-state index in [1.54, 1.807) is 61.5 Å². The van der Waals surface area contributed by atoms with Crippen LogP contribution in [0.3, 0.4) is 0 Å². The number of benzene rings is 3. The van der Waals surface area contributed by atoms with Crippen LogP contribution in [0.1, 0.15) is 36.6 Å². The molecular weight excluding hydrogens is 386 g/mol. The van der Waals surface area contributed by atoms with Gasteiger partial charge in [-0.15, -0.1) is 0 Å². The number of nitro benzene ring substituents is 1. The van der Waals surface area contributed by atoms with Crippen LogP contribution in [0.5, 0.6) is 0 Å². The molecule has 3 amide bonds. The number of imide groups is 1. The Morgan fingerprint density at radius 3 is 2.20 bits per heavy atom. The lowest BCUT2D eigenvalue weighted by molar-refractivity contribution is -0.385. The lowest BCUT2D eigenvalue weighted by Gasteiger charge is -2.15. The van der Waals surface area contributed by atoms with Crippen molar-refractivity contribution in [3.63, 3.8) is 0 Å². The number of para-hydroxylation sites is 1. The van der Waals surface area contributed by atoms with E-state index < -0.39 is 22.6 Å². The molecule has 8 heteroatoms. The number of nitro groups is 1. The molecule has 0 aliphatic carbocycles. The molecule has 8 nitrogen and oxygen atoms in total. The molecule has 0 unspecified atom stereocenters. The number of aryl methyl sites for hydroxylation is 1. The molecule has 0 saturated heterocycles. The quantitative estimate of drug-likeness (QED) is 0.404. The molecule has 0 spiro atoms. The van der Waals surface area contributed by atoms with Crippen molar-refractivity contribution in [2.24, 2.45) is 0 Å². The topological polar surface area (TPSA) is 110 Å². The number of nitrogens with zero attached hydrogens (tertiary/aromatic N) is 2. The number of anilines is 2. The predicted molar refractivity (Wildman–Crippen MR) is 110 cm³/mol. The minimum absolute atomic E-state index is 0.0777. The summed E-state index contributed by atoms with van der Waals surface area (Å²) in [4.78, 5) is 49.8. The summed E-state index contributed by atoms with van der Waals surface area (Å²) in [6, 6.07) is 17.2. The van der Waals surface area contributed by atoms with Crippen LogP contribution < -0.4 is 10.2 Å². The molecular formula is C22H15N3O5. The van der Waals surface area contributed by atoms with Gasteiger partial charge in [-0.25, -0.2) is 4.90 Å². The Morgan fingerprint density at radius 2 is 1.57 bits per heavy atom. The van der Waals surface area contributed by atoms with Crippen LogP contribution in [-0.2, 0) is 0 Å². The third kappa shape index (κ3) is 3.10. The summed E-state index contributed by atoms with van der Waals surface area (Å²) in [6.45, 7) is 1.55. The van der Waals surface area contributed by atoms with Gasteiger partial charge >= 0.3 is 0 Å². The Morgan fingerprint density at radius 1 is 0.933 bits per heavy atom. The monoisotopic (exact) mass is 401 g/mol. The first-order chi connectivity index (χ1) is 14.4. The van der Waals surface area contributed by atoms with Crippen LogP contribution in [0.4, 0.5) is 17.1 Å². The molecule has 0 bridgehead atoms. The normalized spacial score (nSPS) is 12.6. The minimum Gasteiger partial charge on any atom is -0.322 e. The molecule has 0 radical (unpaired) electrons. The van der Waals surface area contributed by atoms with Gasteiger partial charge in [-0.2, -0.15) is 0 Å². The van der Waals surface area contributed by atoms with Crippen LogP contribution in [0, 0.1) is 17.0 Å². The van der Waals surface area contributed by atoms with Crippen molar-refractivity contribution in [3.05, 3.63) is 99.1 Å². The molecule has 1 aliphatic heterocycles. The summed E-state index contributed by atoms with van der Waals surface area (Å²) in [5.74, 6) is -1.56. The smallest absolute Gasteiger partial charge is 0.285 e.